The molecule has 1 unspecified atom stereocenters. The lowest BCUT2D eigenvalue weighted by molar-refractivity contribution is -0.140. The van der Waals surface area contributed by atoms with Gasteiger partial charge >= 0.3 is 5.97 Å². The first-order valence-electron chi connectivity index (χ1n) is 7.02. The Morgan fingerprint density at radius 1 is 1.33 bits per heavy atom. The number of halogens is 1. The molecule has 8 heteroatoms. The summed E-state index contributed by atoms with van der Waals surface area (Å²) in [7, 11) is 0. The normalized spacial score (nSPS) is 11.8. The average Bonchev–Trinajstić information content (AvgIpc) is 2.52. The second-order valence-corrected chi connectivity index (χ2v) is 5.76. The molecule has 0 bridgehead atoms. The Labute approximate surface area is 142 Å². The van der Waals surface area contributed by atoms with Gasteiger partial charge in [-0.3, -0.25) is 14.2 Å². The van der Waals surface area contributed by atoms with E-state index in [1.54, 1.807) is 6.92 Å². The van der Waals surface area contributed by atoms with E-state index in [1.165, 1.54) is 37.4 Å². The zero-order valence-corrected chi connectivity index (χ0v) is 13.8. The molecule has 2 rings (SSSR count). The third kappa shape index (κ3) is 3.57. The molecule has 0 aliphatic rings. The van der Waals surface area contributed by atoms with Gasteiger partial charge in [-0.25, -0.2) is 4.79 Å². The number of aliphatic carboxylic acids is 1. The summed E-state index contributed by atoms with van der Waals surface area (Å²) in [5.74, 6) is -1.69. The van der Waals surface area contributed by atoms with Crippen molar-refractivity contribution in [3.63, 3.8) is 0 Å². The van der Waals surface area contributed by atoms with Crippen molar-refractivity contribution in [2.45, 2.75) is 19.9 Å². The third-order valence-electron chi connectivity index (χ3n) is 3.47. The van der Waals surface area contributed by atoms with Crippen LogP contribution in [-0.4, -0.2) is 21.6 Å². The van der Waals surface area contributed by atoms with Crippen LogP contribution in [-0.2, 0) is 4.79 Å². The molecule has 1 atom stereocenters. The summed E-state index contributed by atoms with van der Waals surface area (Å²) in [6.45, 7) is 3.08. The molecule has 0 aliphatic heterocycles. The summed E-state index contributed by atoms with van der Waals surface area (Å²) in [6.07, 6.45) is 1.43. The van der Waals surface area contributed by atoms with E-state index in [1.807, 2.05) is 0 Å². The predicted molar refractivity (Wildman–Crippen MR) is 91.6 cm³/mol. The lowest BCUT2D eigenvalue weighted by Crippen LogP contribution is -2.31. The van der Waals surface area contributed by atoms with Gasteiger partial charge in [0, 0.05) is 11.8 Å². The Morgan fingerprint density at radius 3 is 2.58 bits per heavy atom. The second kappa shape index (κ2) is 6.76. The molecule has 1 aromatic heterocycles. The van der Waals surface area contributed by atoms with Crippen LogP contribution in [0.15, 0.2) is 35.3 Å². The van der Waals surface area contributed by atoms with Crippen LogP contribution >= 0.6 is 11.6 Å². The number of aryl methyl sites for hydroxylation is 1. The minimum absolute atomic E-state index is 0.0129. The number of aromatic nitrogens is 1. The van der Waals surface area contributed by atoms with E-state index in [0.717, 1.165) is 4.57 Å². The van der Waals surface area contributed by atoms with Crippen LogP contribution in [0.25, 0.3) is 0 Å². The summed E-state index contributed by atoms with van der Waals surface area (Å²) in [4.78, 5) is 35.8. The number of rotatable bonds is 4. The lowest BCUT2D eigenvalue weighted by atomic mass is 10.2. The van der Waals surface area contributed by atoms with Crippen LogP contribution in [0.5, 0.6) is 0 Å². The van der Waals surface area contributed by atoms with Gasteiger partial charge in [-0.05, 0) is 43.7 Å². The molecule has 4 N–H and O–H groups in total. The van der Waals surface area contributed by atoms with Crippen LogP contribution < -0.4 is 16.6 Å². The lowest BCUT2D eigenvalue weighted by Gasteiger charge is -2.14. The summed E-state index contributed by atoms with van der Waals surface area (Å²) < 4.78 is 1.06. The van der Waals surface area contributed by atoms with Crippen molar-refractivity contribution in [1.29, 1.82) is 0 Å². The minimum Gasteiger partial charge on any atom is -0.480 e. The molecule has 0 radical (unpaired) electrons. The first kappa shape index (κ1) is 17.6. The number of carboxylic acids is 1. The van der Waals surface area contributed by atoms with Crippen molar-refractivity contribution in [2.24, 2.45) is 0 Å². The van der Waals surface area contributed by atoms with Gasteiger partial charge in [0.2, 0.25) is 0 Å². The zero-order chi connectivity index (χ0) is 18.0. The van der Waals surface area contributed by atoms with Gasteiger partial charge in [0.05, 0.1) is 10.7 Å². The number of nitrogens with one attached hydrogen (secondary N) is 1. The van der Waals surface area contributed by atoms with E-state index in [2.05, 4.69) is 5.32 Å². The van der Waals surface area contributed by atoms with E-state index in [0.29, 0.717) is 11.3 Å². The van der Waals surface area contributed by atoms with E-state index < -0.39 is 23.5 Å². The molecule has 0 saturated heterocycles. The molecule has 7 nitrogen and oxygen atoms in total. The molecule has 1 amide bonds. The highest BCUT2D eigenvalue weighted by Crippen LogP contribution is 2.20. The summed E-state index contributed by atoms with van der Waals surface area (Å²) in [6, 6.07) is 4.77. The number of anilines is 2. The van der Waals surface area contributed by atoms with Crippen LogP contribution in [0.1, 0.15) is 28.9 Å². The van der Waals surface area contributed by atoms with Crippen LogP contribution in [0.2, 0.25) is 5.02 Å². The van der Waals surface area contributed by atoms with Crippen molar-refractivity contribution in [1.82, 2.24) is 4.57 Å². The first-order valence-corrected chi connectivity index (χ1v) is 7.40. The summed E-state index contributed by atoms with van der Waals surface area (Å²) >= 11 is 5.88. The van der Waals surface area contributed by atoms with Gasteiger partial charge in [-0.1, -0.05) is 11.6 Å². The minimum atomic E-state index is -1.15. The van der Waals surface area contributed by atoms with Crippen LogP contribution in [0.4, 0.5) is 11.4 Å². The Kier molecular flexibility index (Phi) is 4.94. The topological polar surface area (TPSA) is 114 Å². The second-order valence-electron chi connectivity index (χ2n) is 5.35. The van der Waals surface area contributed by atoms with Gasteiger partial charge in [0.25, 0.3) is 11.5 Å². The van der Waals surface area contributed by atoms with Gasteiger partial charge in [-0.2, -0.15) is 0 Å². The Bertz CT molecular complexity index is 876. The molecule has 0 spiro atoms. The fourth-order valence-electron chi connectivity index (χ4n) is 2.10. The quantitative estimate of drug-likeness (QED) is 0.732. The Hall–Kier alpha value is -2.80. The largest absolute Gasteiger partial charge is 0.480 e. The van der Waals surface area contributed by atoms with Gasteiger partial charge in [-0.15, -0.1) is 0 Å². The van der Waals surface area contributed by atoms with Crippen molar-refractivity contribution in [3.05, 3.63) is 57.0 Å². The predicted octanol–water partition coefficient (Wildman–Crippen LogP) is 2.29. The van der Waals surface area contributed by atoms with Crippen molar-refractivity contribution in [2.75, 3.05) is 11.1 Å². The number of amides is 1. The number of nitrogens with two attached hydrogens (primary N) is 1. The highest BCUT2D eigenvalue weighted by Gasteiger charge is 2.18. The smallest absolute Gasteiger partial charge is 0.326 e. The first-order chi connectivity index (χ1) is 11.2. The molecule has 0 aliphatic carbocycles. The highest BCUT2D eigenvalue weighted by molar-refractivity contribution is 6.33. The Morgan fingerprint density at radius 2 is 2.00 bits per heavy atom. The molecule has 126 valence electrons. The number of nitrogens with zero attached hydrogens (tertiary/aromatic N) is 1. The maximum atomic E-state index is 12.4. The number of hydrogen-bond acceptors (Lipinski definition) is 4. The van der Waals surface area contributed by atoms with Gasteiger partial charge in [0.1, 0.15) is 11.7 Å². The molecular weight excluding hydrogens is 334 g/mol. The van der Waals surface area contributed by atoms with Gasteiger partial charge < -0.3 is 16.2 Å². The number of carbonyl (C=O) groups is 2. The molecule has 0 fully saturated rings. The SMILES string of the molecule is Cc1cc(NC(=O)c2ccc(N)c(Cl)c2)c(=O)n(C(C)C(=O)O)c1. The number of carboxylic acid groups (broad SMARTS) is 1. The zero-order valence-electron chi connectivity index (χ0n) is 13.0. The monoisotopic (exact) mass is 349 g/mol. The fraction of sp³-hybridized carbons (Fsp3) is 0.188. The Balaban J connectivity index is 2.39. The van der Waals surface area contributed by atoms with Crippen LogP contribution in [0, 0.1) is 6.92 Å². The van der Waals surface area contributed by atoms with E-state index in [-0.39, 0.29) is 16.3 Å². The molecule has 0 saturated carbocycles. The summed E-state index contributed by atoms with van der Waals surface area (Å²) in [5.41, 5.74) is 6.17. The third-order valence-corrected chi connectivity index (χ3v) is 3.79. The van der Waals surface area contributed by atoms with Gasteiger partial charge in [0.15, 0.2) is 0 Å². The molecular formula is C16H16ClN3O4. The number of hydrogen-bond donors (Lipinski definition) is 3. The highest BCUT2D eigenvalue weighted by atomic mass is 35.5. The fourth-order valence-corrected chi connectivity index (χ4v) is 2.28. The van der Waals surface area contributed by atoms with Crippen molar-refractivity contribution < 1.29 is 14.7 Å². The average molecular weight is 350 g/mol. The molecule has 1 aromatic carbocycles. The molecule has 24 heavy (non-hydrogen) atoms. The number of pyridine rings is 1. The van der Waals surface area contributed by atoms with Crippen molar-refractivity contribution in [3.8, 4) is 0 Å². The molecule has 2 aromatic rings. The number of nitrogen functional groups attached to an aromatic ring is 1. The van der Waals surface area contributed by atoms with E-state index in [9.17, 15) is 14.4 Å². The molecule has 1 heterocycles. The van der Waals surface area contributed by atoms with Crippen LogP contribution in [0.3, 0.4) is 0 Å². The number of benzene rings is 1. The van der Waals surface area contributed by atoms with E-state index in [4.69, 9.17) is 22.4 Å². The standard InChI is InChI=1S/C16H16ClN3O4/c1-8-5-13(15(22)20(7-8)9(2)16(23)24)19-14(21)10-3-4-12(18)11(17)6-10/h3-7,9H,18H2,1-2H3,(H,19,21)(H,23,24). The summed E-state index contributed by atoms with van der Waals surface area (Å²) in [5, 5.41) is 11.8. The van der Waals surface area contributed by atoms with Crippen molar-refractivity contribution >= 4 is 34.9 Å². The maximum Gasteiger partial charge on any atom is 0.326 e. The number of carbonyl (C=O) groups excluding carboxylic acids is 1. The van der Waals surface area contributed by atoms with E-state index >= 15 is 0 Å². The maximum absolute atomic E-state index is 12.4.